The van der Waals surface area contributed by atoms with Gasteiger partial charge in [0, 0.05) is 10.7 Å². The zero-order valence-corrected chi connectivity index (χ0v) is 18.0. The summed E-state index contributed by atoms with van der Waals surface area (Å²) in [6, 6.07) is 13.4. The van der Waals surface area contributed by atoms with Gasteiger partial charge in [-0.3, -0.25) is 4.79 Å². The highest BCUT2D eigenvalue weighted by atomic mass is 35.5. The first kappa shape index (κ1) is 21.1. The van der Waals surface area contributed by atoms with Gasteiger partial charge in [-0.25, -0.2) is 13.1 Å². The van der Waals surface area contributed by atoms with Crippen LogP contribution in [-0.2, 0) is 9.84 Å². The van der Waals surface area contributed by atoms with Crippen LogP contribution in [0.25, 0.3) is 5.69 Å². The van der Waals surface area contributed by atoms with Gasteiger partial charge in [-0.2, -0.15) is 5.10 Å². The number of amides is 1. The van der Waals surface area contributed by atoms with E-state index >= 15 is 0 Å². The van der Waals surface area contributed by atoms with Gasteiger partial charge in [0.1, 0.15) is 0 Å². The normalized spacial score (nSPS) is 11.6. The van der Waals surface area contributed by atoms with Crippen molar-refractivity contribution in [2.75, 3.05) is 11.1 Å². The van der Waals surface area contributed by atoms with Crippen molar-refractivity contribution in [1.82, 2.24) is 9.78 Å². The lowest BCUT2D eigenvalue weighted by Crippen LogP contribution is -2.15. The van der Waals surface area contributed by atoms with E-state index in [1.165, 1.54) is 18.3 Å². The highest BCUT2D eigenvalue weighted by molar-refractivity contribution is 7.91. The van der Waals surface area contributed by atoms with E-state index < -0.39 is 9.84 Å². The Morgan fingerprint density at radius 2 is 1.86 bits per heavy atom. The van der Waals surface area contributed by atoms with Crippen LogP contribution >= 0.6 is 11.6 Å². The average molecular weight is 432 g/mol. The number of hydrogen-bond donors (Lipinski definition) is 1. The Bertz CT molecular complexity index is 1140. The third-order valence-corrected chi connectivity index (χ3v) is 6.49. The number of benzene rings is 2. The molecule has 0 bridgehead atoms. The molecular weight excluding hydrogens is 410 g/mol. The minimum absolute atomic E-state index is 0.0269. The van der Waals surface area contributed by atoms with E-state index in [0.29, 0.717) is 16.3 Å². The third-order valence-electron chi connectivity index (χ3n) is 4.50. The summed E-state index contributed by atoms with van der Waals surface area (Å²) >= 11 is 6.10. The second kappa shape index (κ2) is 8.39. The van der Waals surface area contributed by atoms with Crippen LogP contribution in [-0.4, -0.2) is 29.9 Å². The van der Waals surface area contributed by atoms with Crippen molar-refractivity contribution in [2.24, 2.45) is 0 Å². The zero-order chi connectivity index (χ0) is 21.2. The molecule has 0 spiro atoms. The molecule has 0 aliphatic rings. The molecule has 0 radical (unpaired) electrons. The van der Waals surface area contributed by atoms with Crippen molar-refractivity contribution in [2.45, 2.75) is 31.6 Å². The first-order chi connectivity index (χ1) is 13.7. The Morgan fingerprint density at radius 1 is 1.17 bits per heavy atom. The lowest BCUT2D eigenvalue weighted by molar-refractivity contribution is 0.102. The molecule has 3 aromatic rings. The predicted octanol–water partition coefficient (Wildman–Crippen LogP) is 4.70. The predicted molar refractivity (Wildman–Crippen MR) is 115 cm³/mol. The number of aromatic nitrogens is 2. The second-order valence-corrected chi connectivity index (χ2v) is 9.59. The molecule has 0 atom stereocenters. The minimum atomic E-state index is -3.28. The summed E-state index contributed by atoms with van der Waals surface area (Å²) in [4.78, 5) is 13.1. The molecule has 1 N–H and O–H groups in total. The van der Waals surface area contributed by atoms with Gasteiger partial charge in [0.25, 0.3) is 5.91 Å². The zero-order valence-electron chi connectivity index (χ0n) is 16.4. The molecule has 1 aromatic heterocycles. The van der Waals surface area contributed by atoms with E-state index in [4.69, 9.17) is 11.6 Å². The van der Waals surface area contributed by atoms with Crippen LogP contribution in [0.5, 0.6) is 0 Å². The summed E-state index contributed by atoms with van der Waals surface area (Å²) in [6.07, 6.45) is 1.53. The lowest BCUT2D eigenvalue weighted by atomic mass is 10.0. The fourth-order valence-electron chi connectivity index (χ4n) is 3.01. The van der Waals surface area contributed by atoms with E-state index in [1.54, 1.807) is 35.9 Å². The molecule has 0 aliphatic carbocycles. The van der Waals surface area contributed by atoms with E-state index in [2.05, 4.69) is 10.4 Å². The highest BCUT2D eigenvalue weighted by Gasteiger charge is 2.21. The van der Waals surface area contributed by atoms with Gasteiger partial charge in [-0.05, 0) is 48.4 Å². The molecule has 0 fully saturated rings. The molecule has 0 saturated heterocycles. The number of carbonyl (C=O) groups excluding carboxylic acids is 1. The maximum absolute atomic E-state index is 12.9. The van der Waals surface area contributed by atoms with Crippen LogP contribution < -0.4 is 5.32 Å². The van der Waals surface area contributed by atoms with Gasteiger partial charge in [-0.15, -0.1) is 0 Å². The molecule has 1 amide bonds. The quantitative estimate of drug-likeness (QED) is 0.613. The Kier molecular flexibility index (Phi) is 6.10. The van der Waals surface area contributed by atoms with Crippen LogP contribution in [0.1, 0.15) is 42.7 Å². The van der Waals surface area contributed by atoms with Gasteiger partial charge < -0.3 is 5.32 Å². The summed E-state index contributed by atoms with van der Waals surface area (Å²) in [5.41, 5.74) is 2.49. The van der Waals surface area contributed by atoms with Crippen LogP contribution in [0.4, 0.5) is 5.69 Å². The molecule has 8 heteroatoms. The number of sulfone groups is 1. The van der Waals surface area contributed by atoms with E-state index in [-0.39, 0.29) is 22.5 Å². The van der Waals surface area contributed by atoms with Crippen LogP contribution in [0.15, 0.2) is 59.6 Å². The Labute approximate surface area is 175 Å². The summed E-state index contributed by atoms with van der Waals surface area (Å²) in [5, 5.41) is 7.78. The fourth-order valence-corrected chi connectivity index (χ4v) is 4.08. The van der Waals surface area contributed by atoms with Crippen LogP contribution in [0, 0.1) is 0 Å². The third kappa shape index (κ3) is 4.52. The first-order valence-electron chi connectivity index (χ1n) is 9.21. The first-order valence-corrected chi connectivity index (χ1v) is 11.2. The molecular formula is C21H22ClN3O3S. The van der Waals surface area contributed by atoms with Crippen molar-refractivity contribution in [3.05, 3.63) is 71.0 Å². The maximum atomic E-state index is 12.9. The molecule has 3 rings (SSSR count). The van der Waals surface area contributed by atoms with Crippen molar-refractivity contribution >= 4 is 33.0 Å². The van der Waals surface area contributed by atoms with E-state index in [0.717, 1.165) is 11.4 Å². The number of anilines is 1. The number of halogens is 1. The van der Waals surface area contributed by atoms with Crippen LogP contribution in [0.3, 0.4) is 0 Å². The van der Waals surface area contributed by atoms with Gasteiger partial charge >= 0.3 is 0 Å². The van der Waals surface area contributed by atoms with E-state index in [9.17, 15) is 13.2 Å². The molecule has 0 saturated carbocycles. The van der Waals surface area contributed by atoms with Gasteiger partial charge in [0.15, 0.2) is 9.84 Å². The Morgan fingerprint density at radius 3 is 2.45 bits per heavy atom. The summed E-state index contributed by atoms with van der Waals surface area (Å²) in [6.45, 7) is 5.56. The number of carbonyl (C=O) groups is 1. The topological polar surface area (TPSA) is 81.1 Å². The summed E-state index contributed by atoms with van der Waals surface area (Å²) in [5.74, 6) is -0.249. The van der Waals surface area contributed by atoms with Crippen molar-refractivity contribution < 1.29 is 13.2 Å². The average Bonchev–Trinajstić information content (AvgIpc) is 3.14. The number of hydrogen-bond acceptors (Lipinski definition) is 4. The Hall–Kier alpha value is -2.64. The molecule has 152 valence electrons. The SMILES string of the molecule is CCS(=O)(=O)c1ccc(NC(=O)c2cnn(-c3cccc(Cl)c3)c2C(C)C)cc1. The molecule has 1 heterocycles. The molecule has 29 heavy (non-hydrogen) atoms. The minimum Gasteiger partial charge on any atom is -0.322 e. The Balaban J connectivity index is 1.90. The number of nitrogens with one attached hydrogen (secondary N) is 1. The van der Waals surface area contributed by atoms with Crippen molar-refractivity contribution in [1.29, 1.82) is 0 Å². The largest absolute Gasteiger partial charge is 0.322 e. The molecule has 0 unspecified atom stereocenters. The number of rotatable bonds is 6. The smallest absolute Gasteiger partial charge is 0.259 e. The molecule has 6 nitrogen and oxygen atoms in total. The van der Waals surface area contributed by atoms with Gasteiger partial charge in [-0.1, -0.05) is 38.4 Å². The van der Waals surface area contributed by atoms with Crippen molar-refractivity contribution in [3.63, 3.8) is 0 Å². The van der Waals surface area contributed by atoms with Gasteiger partial charge in [0.2, 0.25) is 0 Å². The lowest BCUT2D eigenvalue weighted by Gasteiger charge is -2.13. The van der Waals surface area contributed by atoms with Crippen molar-refractivity contribution in [3.8, 4) is 5.69 Å². The second-order valence-electron chi connectivity index (χ2n) is 6.87. The van der Waals surface area contributed by atoms with E-state index in [1.807, 2.05) is 26.0 Å². The molecule has 2 aromatic carbocycles. The standard InChI is InChI=1S/C21H22ClN3O3S/c1-4-29(27,28)18-10-8-16(9-11-18)24-21(26)19-13-23-25(20(19)14(2)3)17-7-5-6-15(22)12-17/h5-14H,4H2,1-3H3,(H,24,26). The highest BCUT2D eigenvalue weighted by Crippen LogP contribution is 2.25. The van der Waals surface area contributed by atoms with Gasteiger partial charge in [0.05, 0.1) is 33.8 Å². The number of nitrogens with zero attached hydrogens (tertiary/aromatic N) is 2. The summed E-state index contributed by atoms with van der Waals surface area (Å²) in [7, 11) is -3.28. The maximum Gasteiger partial charge on any atom is 0.259 e. The summed E-state index contributed by atoms with van der Waals surface area (Å²) < 4.78 is 25.6. The molecule has 0 aliphatic heterocycles. The van der Waals surface area contributed by atoms with Crippen LogP contribution in [0.2, 0.25) is 5.02 Å². The monoisotopic (exact) mass is 431 g/mol. The fraction of sp³-hybridized carbons (Fsp3) is 0.238.